The Hall–Kier alpha value is -1.62. The molecule has 1 atom stereocenters. The van der Waals surface area contributed by atoms with Gasteiger partial charge in [-0.2, -0.15) is 0 Å². The van der Waals surface area contributed by atoms with Gasteiger partial charge in [0, 0.05) is 30.4 Å². The first-order valence-electron chi connectivity index (χ1n) is 6.18. The molecule has 1 aromatic rings. The van der Waals surface area contributed by atoms with Crippen molar-refractivity contribution in [2.45, 2.75) is 39.3 Å². The van der Waals surface area contributed by atoms with Crippen LogP contribution in [0.25, 0.3) is 0 Å². The van der Waals surface area contributed by atoms with Crippen molar-refractivity contribution in [1.82, 2.24) is 4.90 Å². The maximum atomic E-state index is 10.7. The normalized spacial score (nSPS) is 12.7. The average Bonchev–Trinajstić information content (AvgIpc) is 2.31. The zero-order valence-electron chi connectivity index (χ0n) is 11.2. The number of nitrogen functional groups attached to an aromatic ring is 1. The predicted octanol–water partition coefficient (Wildman–Crippen LogP) is 2.80. The Morgan fingerprint density at radius 2 is 2.17 bits per heavy atom. The highest BCUT2D eigenvalue weighted by molar-refractivity contribution is 5.52. The van der Waals surface area contributed by atoms with Crippen LogP contribution in [-0.2, 0) is 6.54 Å². The third-order valence-corrected chi connectivity index (χ3v) is 3.22. The monoisotopic (exact) mass is 251 g/mol. The van der Waals surface area contributed by atoms with Crippen LogP contribution in [0.3, 0.4) is 0 Å². The first-order chi connectivity index (χ1) is 8.45. The fourth-order valence-corrected chi connectivity index (χ4v) is 1.91. The van der Waals surface area contributed by atoms with Crippen LogP contribution in [0.1, 0.15) is 32.3 Å². The van der Waals surface area contributed by atoms with E-state index >= 15 is 0 Å². The Morgan fingerprint density at radius 3 is 2.72 bits per heavy atom. The maximum Gasteiger partial charge on any atom is 0.269 e. The lowest BCUT2D eigenvalue weighted by atomic mass is 10.1. The van der Waals surface area contributed by atoms with Crippen LogP contribution in [0, 0.1) is 10.1 Å². The maximum absolute atomic E-state index is 10.7. The van der Waals surface area contributed by atoms with Crippen molar-refractivity contribution in [1.29, 1.82) is 0 Å². The Bertz CT molecular complexity index is 421. The third kappa shape index (κ3) is 3.70. The minimum atomic E-state index is -0.390. The topological polar surface area (TPSA) is 72.4 Å². The lowest BCUT2D eigenvalue weighted by Gasteiger charge is -2.24. The zero-order chi connectivity index (χ0) is 13.7. The molecule has 5 nitrogen and oxygen atoms in total. The molecule has 0 saturated carbocycles. The van der Waals surface area contributed by atoms with Crippen molar-refractivity contribution in [3.05, 3.63) is 33.9 Å². The SMILES string of the molecule is CCCC(C)N(C)Cc1cc([N+](=O)[O-])ccc1N. The van der Waals surface area contributed by atoms with Gasteiger partial charge in [-0.25, -0.2) is 0 Å². The molecular formula is C13H21N3O2. The van der Waals surface area contributed by atoms with Gasteiger partial charge in [-0.05, 0) is 32.0 Å². The molecular weight excluding hydrogens is 230 g/mol. The van der Waals surface area contributed by atoms with Gasteiger partial charge in [0.1, 0.15) is 0 Å². The number of nitrogens with zero attached hydrogens (tertiary/aromatic N) is 2. The van der Waals surface area contributed by atoms with Crippen molar-refractivity contribution in [2.75, 3.05) is 12.8 Å². The van der Waals surface area contributed by atoms with E-state index in [0.717, 1.165) is 18.4 Å². The molecule has 0 heterocycles. The van der Waals surface area contributed by atoms with Crippen molar-refractivity contribution < 1.29 is 4.92 Å². The van der Waals surface area contributed by atoms with E-state index in [1.165, 1.54) is 6.07 Å². The third-order valence-electron chi connectivity index (χ3n) is 3.22. The number of non-ortho nitro benzene ring substituents is 1. The summed E-state index contributed by atoms with van der Waals surface area (Å²) in [5, 5.41) is 10.7. The second kappa shape index (κ2) is 6.35. The Labute approximate surface area is 108 Å². The number of benzene rings is 1. The van der Waals surface area contributed by atoms with Gasteiger partial charge in [-0.3, -0.25) is 15.0 Å². The molecule has 100 valence electrons. The molecule has 0 aromatic heterocycles. The van der Waals surface area contributed by atoms with E-state index in [-0.39, 0.29) is 5.69 Å². The average molecular weight is 251 g/mol. The minimum absolute atomic E-state index is 0.0933. The second-order valence-corrected chi connectivity index (χ2v) is 4.69. The molecule has 5 heteroatoms. The number of nitrogens with two attached hydrogens (primary N) is 1. The summed E-state index contributed by atoms with van der Waals surface area (Å²) in [6, 6.07) is 5.04. The van der Waals surface area contributed by atoms with Gasteiger partial charge in [0.15, 0.2) is 0 Å². The summed E-state index contributed by atoms with van der Waals surface area (Å²) in [6.45, 7) is 4.93. The minimum Gasteiger partial charge on any atom is -0.398 e. The number of anilines is 1. The van der Waals surface area contributed by atoms with E-state index in [9.17, 15) is 10.1 Å². The standard InChI is InChI=1S/C13H21N3O2/c1-4-5-10(2)15(3)9-11-8-12(16(17)18)6-7-13(11)14/h6-8,10H,4-5,9,14H2,1-3H3. The molecule has 0 bridgehead atoms. The summed E-state index contributed by atoms with van der Waals surface area (Å²) < 4.78 is 0. The van der Waals surface area contributed by atoms with Crippen molar-refractivity contribution >= 4 is 11.4 Å². The predicted molar refractivity (Wildman–Crippen MR) is 73.3 cm³/mol. The highest BCUT2D eigenvalue weighted by Gasteiger charge is 2.13. The molecule has 2 N–H and O–H groups in total. The van der Waals surface area contributed by atoms with Gasteiger partial charge in [0.2, 0.25) is 0 Å². The van der Waals surface area contributed by atoms with Crippen molar-refractivity contribution in [2.24, 2.45) is 0 Å². The van der Waals surface area contributed by atoms with Gasteiger partial charge < -0.3 is 5.73 Å². The molecule has 0 saturated heterocycles. The number of hydrogen-bond donors (Lipinski definition) is 1. The van der Waals surface area contributed by atoms with Gasteiger partial charge >= 0.3 is 0 Å². The largest absolute Gasteiger partial charge is 0.398 e. The van der Waals surface area contributed by atoms with Crippen LogP contribution in [0.15, 0.2) is 18.2 Å². The van der Waals surface area contributed by atoms with Gasteiger partial charge in [-0.15, -0.1) is 0 Å². The van der Waals surface area contributed by atoms with Crippen molar-refractivity contribution in [3.8, 4) is 0 Å². The quantitative estimate of drug-likeness (QED) is 0.479. The van der Waals surface area contributed by atoms with E-state index in [1.807, 2.05) is 7.05 Å². The van der Waals surface area contributed by atoms with E-state index in [0.29, 0.717) is 18.3 Å². The van der Waals surface area contributed by atoms with Crippen LogP contribution in [-0.4, -0.2) is 22.9 Å². The number of hydrogen-bond acceptors (Lipinski definition) is 4. The zero-order valence-corrected chi connectivity index (χ0v) is 11.2. The van der Waals surface area contributed by atoms with Gasteiger partial charge in [-0.1, -0.05) is 13.3 Å². The Balaban J connectivity index is 2.83. The molecule has 0 aliphatic carbocycles. The van der Waals surface area contributed by atoms with E-state index in [2.05, 4.69) is 18.7 Å². The smallest absolute Gasteiger partial charge is 0.269 e. The Kier molecular flexibility index (Phi) is 5.09. The van der Waals surface area contributed by atoms with Crippen molar-refractivity contribution in [3.63, 3.8) is 0 Å². The highest BCUT2D eigenvalue weighted by atomic mass is 16.6. The molecule has 0 aliphatic heterocycles. The fourth-order valence-electron chi connectivity index (χ4n) is 1.91. The van der Waals surface area contributed by atoms with E-state index in [1.54, 1.807) is 12.1 Å². The molecule has 0 fully saturated rings. The Morgan fingerprint density at radius 1 is 1.50 bits per heavy atom. The number of rotatable bonds is 6. The first-order valence-corrected chi connectivity index (χ1v) is 6.18. The highest BCUT2D eigenvalue weighted by Crippen LogP contribution is 2.21. The van der Waals surface area contributed by atoms with Gasteiger partial charge in [0.05, 0.1) is 4.92 Å². The van der Waals surface area contributed by atoms with Gasteiger partial charge in [0.25, 0.3) is 5.69 Å². The van der Waals surface area contributed by atoms with E-state index in [4.69, 9.17) is 5.73 Å². The molecule has 1 rings (SSSR count). The molecule has 18 heavy (non-hydrogen) atoms. The van der Waals surface area contributed by atoms with Crippen LogP contribution in [0.4, 0.5) is 11.4 Å². The number of nitro benzene ring substituents is 1. The summed E-state index contributed by atoms with van der Waals surface area (Å²) in [6.07, 6.45) is 2.22. The number of nitro groups is 1. The molecule has 1 aromatic carbocycles. The van der Waals surface area contributed by atoms with Crippen LogP contribution in [0.5, 0.6) is 0 Å². The summed E-state index contributed by atoms with van der Waals surface area (Å²) in [5.41, 5.74) is 7.38. The molecule has 0 aliphatic rings. The van der Waals surface area contributed by atoms with Crippen LogP contribution >= 0.6 is 0 Å². The lowest BCUT2D eigenvalue weighted by Crippen LogP contribution is -2.28. The molecule has 0 spiro atoms. The second-order valence-electron chi connectivity index (χ2n) is 4.69. The summed E-state index contributed by atoms with van der Waals surface area (Å²) in [4.78, 5) is 12.5. The van der Waals surface area contributed by atoms with Crippen LogP contribution in [0.2, 0.25) is 0 Å². The molecule has 1 unspecified atom stereocenters. The lowest BCUT2D eigenvalue weighted by molar-refractivity contribution is -0.384. The first kappa shape index (κ1) is 14.4. The molecule has 0 amide bonds. The van der Waals surface area contributed by atoms with Crippen LogP contribution < -0.4 is 5.73 Å². The fraction of sp³-hybridized carbons (Fsp3) is 0.538. The van der Waals surface area contributed by atoms with E-state index < -0.39 is 4.92 Å². The summed E-state index contributed by atoms with van der Waals surface area (Å²) >= 11 is 0. The summed E-state index contributed by atoms with van der Waals surface area (Å²) in [5.74, 6) is 0. The molecule has 0 radical (unpaired) electrons. The summed E-state index contributed by atoms with van der Waals surface area (Å²) in [7, 11) is 2.01.